The molecule has 0 radical (unpaired) electrons. The first-order chi connectivity index (χ1) is 13.6. The molecule has 0 unspecified atom stereocenters. The molecular weight excluding hydrogens is 376 g/mol. The van der Waals surface area contributed by atoms with Crippen LogP contribution in [0.5, 0.6) is 0 Å². The van der Waals surface area contributed by atoms with Crippen molar-refractivity contribution in [1.82, 2.24) is 10.4 Å². The molecule has 7 heteroatoms. The van der Waals surface area contributed by atoms with E-state index in [1.807, 2.05) is 35.3 Å². The summed E-state index contributed by atoms with van der Waals surface area (Å²) < 4.78 is 31.5. The zero-order valence-corrected chi connectivity index (χ0v) is 16.7. The van der Waals surface area contributed by atoms with Gasteiger partial charge in [-0.3, -0.25) is 0 Å². The van der Waals surface area contributed by atoms with Crippen molar-refractivity contribution in [3.8, 4) is 0 Å². The van der Waals surface area contributed by atoms with Crippen LogP contribution in [-0.2, 0) is 21.2 Å². The summed E-state index contributed by atoms with van der Waals surface area (Å²) in [4.78, 5) is 0.310. The number of sulfone groups is 1. The van der Waals surface area contributed by atoms with Crippen LogP contribution in [0, 0.1) is 0 Å². The monoisotopic (exact) mass is 404 g/mol. The number of hydrogen-bond donors (Lipinski definition) is 2. The SMILES string of the molecule is O=S(=O)(C[C@@H](COCc1ccccc1)NN1CCC[C@H]1CO)c1ccccc1. The Balaban J connectivity index is 1.66. The second-order valence-corrected chi connectivity index (χ2v) is 9.13. The number of hydrazine groups is 1. The van der Waals surface area contributed by atoms with Gasteiger partial charge in [0.05, 0.1) is 36.5 Å². The predicted molar refractivity (Wildman–Crippen MR) is 108 cm³/mol. The molecule has 1 saturated heterocycles. The third kappa shape index (κ3) is 5.86. The van der Waals surface area contributed by atoms with Gasteiger partial charge in [0.2, 0.25) is 0 Å². The number of nitrogens with one attached hydrogen (secondary N) is 1. The first-order valence-electron chi connectivity index (χ1n) is 9.61. The molecule has 6 nitrogen and oxygen atoms in total. The van der Waals surface area contributed by atoms with Gasteiger partial charge in [-0.25, -0.2) is 18.9 Å². The van der Waals surface area contributed by atoms with Crippen molar-refractivity contribution >= 4 is 9.84 Å². The second kappa shape index (κ2) is 10.1. The molecule has 0 saturated carbocycles. The third-order valence-electron chi connectivity index (χ3n) is 4.89. The van der Waals surface area contributed by atoms with E-state index in [9.17, 15) is 13.5 Å². The summed E-state index contributed by atoms with van der Waals surface area (Å²) in [5, 5.41) is 11.5. The average molecular weight is 405 g/mol. The minimum absolute atomic E-state index is 0.0102. The molecule has 0 amide bonds. The maximum Gasteiger partial charge on any atom is 0.180 e. The number of aliphatic hydroxyl groups excluding tert-OH is 1. The number of aliphatic hydroxyl groups is 1. The molecule has 0 aliphatic carbocycles. The Bertz CT molecular complexity index is 815. The Hall–Kier alpha value is -1.77. The van der Waals surface area contributed by atoms with E-state index in [0.29, 0.717) is 11.5 Å². The van der Waals surface area contributed by atoms with E-state index in [1.165, 1.54) is 0 Å². The van der Waals surface area contributed by atoms with Crippen LogP contribution in [0.1, 0.15) is 18.4 Å². The highest BCUT2D eigenvalue weighted by Gasteiger charge is 2.28. The smallest absolute Gasteiger partial charge is 0.180 e. The van der Waals surface area contributed by atoms with Crippen molar-refractivity contribution in [1.29, 1.82) is 0 Å². The summed E-state index contributed by atoms with van der Waals surface area (Å²) in [5.41, 5.74) is 4.34. The summed E-state index contributed by atoms with van der Waals surface area (Å²) in [6.45, 7) is 1.52. The van der Waals surface area contributed by atoms with Gasteiger partial charge in [-0.1, -0.05) is 48.5 Å². The van der Waals surface area contributed by atoms with Crippen molar-refractivity contribution in [2.24, 2.45) is 0 Å². The van der Waals surface area contributed by atoms with E-state index in [0.717, 1.165) is 24.9 Å². The van der Waals surface area contributed by atoms with Gasteiger partial charge in [-0.2, -0.15) is 0 Å². The molecule has 0 bridgehead atoms. The van der Waals surface area contributed by atoms with Gasteiger partial charge in [-0.15, -0.1) is 0 Å². The van der Waals surface area contributed by atoms with Gasteiger partial charge >= 0.3 is 0 Å². The van der Waals surface area contributed by atoms with E-state index >= 15 is 0 Å². The van der Waals surface area contributed by atoms with E-state index in [2.05, 4.69) is 5.43 Å². The molecule has 1 aliphatic rings. The Kier molecular flexibility index (Phi) is 7.58. The second-order valence-electron chi connectivity index (χ2n) is 7.09. The zero-order valence-electron chi connectivity index (χ0n) is 15.9. The maximum absolute atomic E-state index is 12.8. The number of nitrogens with zero attached hydrogens (tertiary/aromatic N) is 1. The van der Waals surface area contributed by atoms with Gasteiger partial charge in [0.25, 0.3) is 0 Å². The molecule has 1 fully saturated rings. The van der Waals surface area contributed by atoms with Crippen LogP contribution < -0.4 is 5.43 Å². The Morgan fingerprint density at radius 2 is 1.79 bits per heavy atom. The molecule has 2 atom stereocenters. The first kappa shape index (κ1) is 21.0. The molecule has 0 aromatic heterocycles. The maximum atomic E-state index is 12.8. The van der Waals surface area contributed by atoms with E-state index in [1.54, 1.807) is 30.3 Å². The van der Waals surface area contributed by atoms with Gasteiger partial charge in [0, 0.05) is 12.6 Å². The topological polar surface area (TPSA) is 78.9 Å². The molecule has 3 rings (SSSR count). The number of rotatable bonds is 10. The van der Waals surface area contributed by atoms with Crippen molar-refractivity contribution < 1.29 is 18.3 Å². The molecule has 0 spiro atoms. The molecule has 28 heavy (non-hydrogen) atoms. The molecule has 152 valence electrons. The fraction of sp³-hybridized carbons (Fsp3) is 0.429. The van der Waals surface area contributed by atoms with Gasteiger partial charge < -0.3 is 9.84 Å². The average Bonchev–Trinajstić information content (AvgIpc) is 3.16. The van der Waals surface area contributed by atoms with Crippen LogP contribution in [0.3, 0.4) is 0 Å². The summed E-state index contributed by atoms with van der Waals surface area (Å²) in [7, 11) is -3.45. The van der Waals surface area contributed by atoms with E-state index in [4.69, 9.17) is 4.74 Å². The van der Waals surface area contributed by atoms with Crippen LogP contribution in [0.4, 0.5) is 0 Å². The standard InChI is InChI=1S/C21H28N2O4S/c24-14-20-10-7-13-23(20)22-19(16-27-15-18-8-3-1-4-9-18)17-28(25,26)21-11-5-2-6-12-21/h1-6,8-9,11-12,19-20,22,24H,7,10,13-17H2/t19-,20+/m1/s1. The van der Waals surface area contributed by atoms with Crippen molar-refractivity contribution in [3.63, 3.8) is 0 Å². The van der Waals surface area contributed by atoms with Gasteiger partial charge in [0.15, 0.2) is 9.84 Å². The summed E-state index contributed by atoms with van der Waals surface area (Å²) in [5.74, 6) is -0.0690. The first-order valence-corrected chi connectivity index (χ1v) is 11.3. The minimum Gasteiger partial charge on any atom is -0.395 e. The predicted octanol–water partition coefficient (Wildman–Crippen LogP) is 2.01. The number of hydrogen-bond acceptors (Lipinski definition) is 6. The largest absolute Gasteiger partial charge is 0.395 e. The highest BCUT2D eigenvalue weighted by Crippen LogP contribution is 2.17. The van der Waals surface area contributed by atoms with E-state index < -0.39 is 15.9 Å². The Morgan fingerprint density at radius 1 is 1.11 bits per heavy atom. The molecular formula is C21H28N2O4S. The summed E-state index contributed by atoms with van der Waals surface area (Å²) >= 11 is 0. The molecule has 2 aromatic carbocycles. The minimum atomic E-state index is -3.45. The van der Waals surface area contributed by atoms with E-state index in [-0.39, 0.29) is 25.0 Å². The Morgan fingerprint density at radius 3 is 2.46 bits per heavy atom. The zero-order chi connectivity index (χ0) is 19.8. The lowest BCUT2D eigenvalue weighted by atomic mass is 10.2. The van der Waals surface area contributed by atoms with Crippen LogP contribution >= 0.6 is 0 Å². The number of benzene rings is 2. The fourth-order valence-electron chi connectivity index (χ4n) is 3.43. The van der Waals surface area contributed by atoms with Gasteiger partial charge in [-0.05, 0) is 30.5 Å². The summed E-state index contributed by atoms with van der Waals surface area (Å²) in [6, 6.07) is 17.9. The fourth-order valence-corrected chi connectivity index (χ4v) is 4.90. The lowest BCUT2D eigenvalue weighted by Crippen LogP contribution is -2.52. The van der Waals surface area contributed by atoms with Crippen LogP contribution in [0.2, 0.25) is 0 Å². The lowest BCUT2D eigenvalue weighted by molar-refractivity contribution is 0.0500. The van der Waals surface area contributed by atoms with Crippen LogP contribution in [0.15, 0.2) is 65.6 Å². The molecule has 1 heterocycles. The summed E-state index contributed by atoms with van der Waals surface area (Å²) in [6.07, 6.45) is 1.87. The van der Waals surface area contributed by atoms with Crippen LogP contribution in [0.25, 0.3) is 0 Å². The highest BCUT2D eigenvalue weighted by molar-refractivity contribution is 7.91. The third-order valence-corrected chi connectivity index (χ3v) is 6.72. The quantitative estimate of drug-likeness (QED) is 0.631. The lowest BCUT2D eigenvalue weighted by Gasteiger charge is -2.29. The number of ether oxygens (including phenoxy) is 1. The van der Waals surface area contributed by atoms with Crippen molar-refractivity contribution in [2.45, 2.75) is 36.4 Å². The molecule has 2 N–H and O–H groups in total. The normalized spacial score (nSPS) is 19.0. The molecule has 2 aromatic rings. The Labute approximate surface area is 167 Å². The highest BCUT2D eigenvalue weighted by atomic mass is 32.2. The van der Waals surface area contributed by atoms with Gasteiger partial charge in [0.1, 0.15) is 0 Å². The van der Waals surface area contributed by atoms with Crippen LogP contribution in [-0.4, -0.2) is 56.1 Å². The van der Waals surface area contributed by atoms with Crippen molar-refractivity contribution in [2.75, 3.05) is 25.5 Å². The van der Waals surface area contributed by atoms with Crippen molar-refractivity contribution in [3.05, 3.63) is 66.2 Å². The molecule has 1 aliphatic heterocycles.